The van der Waals surface area contributed by atoms with Crippen molar-refractivity contribution in [3.8, 4) is 0 Å². The second kappa shape index (κ2) is 10.9. The molecule has 1 aromatic carbocycles. The van der Waals surface area contributed by atoms with Crippen LogP contribution >= 0.6 is 0 Å². The summed E-state index contributed by atoms with van der Waals surface area (Å²) < 4.78 is 5.21. The summed E-state index contributed by atoms with van der Waals surface area (Å²) in [5, 5.41) is 3.51. The van der Waals surface area contributed by atoms with Gasteiger partial charge in [-0.15, -0.1) is 0 Å². The van der Waals surface area contributed by atoms with Crippen molar-refractivity contribution < 1.29 is 9.53 Å². The highest BCUT2D eigenvalue weighted by Gasteiger charge is 2.28. The predicted molar refractivity (Wildman–Crippen MR) is 110 cm³/mol. The average Bonchev–Trinajstić information content (AvgIpc) is 2.68. The number of carbonyl (C=O) groups excluding carboxylic acids is 1. The number of benzene rings is 1. The van der Waals surface area contributed by atoms with E-state index in [2.05, 4.69) is 58.5 Å². The average molecular weight is 375 g/mol. The van der Waals surface area contributed by atoms with E-state index in [1.54, 1.807) is 7.05 Å². The summed E-state index contributed by atoms with van der Waals surface area (Å²) in [6.07, 6.45) is 2.84. The van der Waals surface area contributed by atoms with E-state index in [1.807, 2.05) is 13.0 Å². The normalized spacial score (nSPS) is 19.1. The number of esters is 1. The van der Waals surface area contributed by atoms with Gasteiger partial charge in [-0.05, 0) is 45.8 Å². The van der Waals surface area contributed by atoms with Gasteiger partial charge in [-0.1, -0.05) is 30.3 Å². The molecule has 1 aliphatic rings. The molecule has 0 spiro atoms. The zero-order chi connectivity index (χ0) is 19.6. The monoisotopic (exact) mass is 374 g/mol. The molecule has 0 aliphatic carbocycles. The second-order valence-corrected chi connectivity index (χ2v) is 7.27. The fourth-order valence-electron chi connectivity index (χ4n) is 3.49. The summed E-state index contributed by atoms with van der Waals surface area (Å²) in [4.78, 5) is 21.0. The number of nitrogens with zero attached hydrogens (tertiary/aromatic N) is 3. The first-order valence-corrected chi connectivity index (χ1v) is 9.87. The summed E-state index contributed by atoms with van der Waals surface area (Å²) in [6.45, 7) is 4.68. The number of ether oxygens (including phenoxy) is 1. The third-order valence-corrected chi connectivity index (χ3v) is 5.09. The summed E-state index contributed by atoms with van der Waals surface area (Å²) in [7, 11) is 6.02. The zero-order valence-electron chi connectivity index (χ0n) is 17.1. The van der Waals surface area contributed by atoms with E-state index in [4.69, 9.17) is 4.74 Å². The number of nitrogens with one attached hydrogen (secondary N) is 1. The molecule has 1 aliphatic heterocycles. The fourth-order valence-corrected chi connectivity index (χ4v) is 3.49. The van der Waals surface area contributed by atoms with Gasteiger partial charge in [-0.25, -0.2) is 0 Å². The number of aliphatic imine (C=N–C) groups is 1. The molecule has 0 saturated carbocycles. The van der Waals surface area contributed by atoms with Crippen LogP contribution in [0.25, 0.3) is 0 Å². The Hall–Kier alpha value is -2.08. The maximum atomic E-state index is 12.1. The van der Waals surface area contributed by atoms with Crippen LogP contribution in [0.5, 0.6) is 0 Å². The van der Waals surface area contributed by atoms with Gasteiger partial charge in [0.15, 0.2) is 5.96 Å². The van der Waals surface area contributed by atoms with E-state index in [-0.39, 0.29) is 11.9 Å². The first-order valence-electron chi connectivity index (χ1n) is 9.87. The van der Waals surface area contributed by atoms with Crippen molar-refractivity contribution in [3.05, 3.63) is 35.9 Å². The lowest BCUT2D eigenvalue weighted by molar-refractivity contribution is -0.149. The third kappa shape index (κ3) is 6.54. The summed E-state index contributed by atoms with van der Waals surface area (Å²) >= 11 is 0. The van der Waals surface area contributed by atoms with Gasteiger partial charge in [0, 0.05) is 32.7 Å². The first-order chi connectivity index (χ1) is 13.0. The van der Waals surface area contributed by atoms with Crippen molar-refractivity contribution in [3.63, 3.8) is 0 Å². The lowest BCUT2D eigenvalue weighted by atomic mass is 9.98. The van der Waals surface area contributed by atoms with Crippen LogP contribution in [0.4, 0.5) is 0 Å². The molecule has 2 atom stereocenters. The number of piperidine rings is 1. The van der Waals surface area contributed by atoms with Crippen LogP contribution in [0, 0.1) is 5.92 Å². The highest BCUT2D eigenvalue weighted by atomic mass is 16.5. The molecule has 1 aromatic rings. The van der Waals surface area contributed by atoms with Crippen LogP contribution in [-0.2, 0) is 16.0 Å². The lowest BCUT2D eigenvalue weighted by Crippen LogP contribution is -2.51. The van der Waals surface area contributed by atoms with Gasteiger partial charge < -0.3 is 19.9 Å². The van der Waals surface area contributed by atoms with Gasteiger partial charge >= 0.3 is 5.97 Å². The molecule has 2 rings (SSSR count). The van der Waals surface area contributed by atoms with Gasteiger partial charge in [0.05, 0.1) is 12.5 Å². The zero-order valence-corrected chi connectivity index (χ0v) is 17.1. The minimum atomic E-state index is -0.0899. The number of hydrogen-bond donors (Lipinski definition) is 1. The minimum Gasteiger partial charge on any atom is -0.466 e. The molecule has 1 heterocycles. The van der Waals surface area contributed by atoms with Crippen molar-refractivity contribution >= 4 is 11.9 Å². The van der Waals surface area contributed by atoms with Gasteiger partial charge in [-0.2, -0.15) is 0 Å². The Morgan fingerprint density at radius 3 is 2.74 bits per heavy atom. The van der Waals surface area contributed by atoms with E-state index in [1.165, 1.54) is 5.56 Å². The Morgan fingerprint density at radius 1 is 1.37 bits per heavy atom. The Balaban J connectivity index is 1.93. The minimum absolute atomic E-state index is 0.0637. The summed E-state index contributed by atoms with van der Waals surface area (Å²) in [5.41, 5.74) is 1.33. The molecular formula is C21H34N4O2. The Labute approximate surface area is 163 Å². The van der Waals surface area contributed by atoms with Crippen LogP contribution in [0.1, 0.15) is 25.3 Å². The molecule has 27 heavy (non-hydrogen) atoms. The number of rotatable bonds is 7. The topological polar surface area (TPSA) is 57.2 Å². The van der Waals surface area contributed by atoms with E-state index in [0.717, 1.165) is 38.3 Å². The number of hydrogen-bond acceptors (Lipinski definition) is 4. The molecule has 0 radical (unpaired) electrons. The van der Waals surface area contributed by atoms with E-state index in [9.17, 15) is 4.79 Å². The van der Waals surface area contributed by atoms with Gasteiger partial charge in [0.2, 0.25) is 0 Å². The predicted octanol–water partition coefficient (Wildman–Crippen LogP) is 2.01. The molecule has 1 saturated heterocycles. The number of guanidine groups is 1. The molecule has 0 bridgehead atoms. The maximum Gasteiger partial charge on any atom is 0.310 e. The van der Waals surface area contributed by atoms with Gasteiger partial charge in [-0.3, -0.25) is 9.79 Å². The standard InChI is InChI=1S/C21H34N4O2/c1-5-27-20(26)18-12-9-13-25(16-18)21(22-2)23-15-19(24(3)4)14-17-10-7-6-8-11-17/h6-8,10-11,18-19H,5,9,12-16H2,1-4H3,(H,22,23). The van der Waals surface area contributed by atoms with Crippen molar-refractivity contribution in [2.75, 3.05) is 47.4 Å². The van der Waals surface area contributed by atoms with E-state index < -0.39 is 0 Å². The van der Waals surface area contributed by atoms with Crippen LogP contribution in [0.2, 0.25) is 0 Å². The molecule has 6 nitrogen and oxygen atoms in total. The largest absolute Gasteiger partial charge is 0.466 e. The third-order valence-electron chi connectivity index (χ3n) is 5.09. The fraction of sp³-hybridized carbons (Fsp3) is 0.619. The van der Waals surface area contributed by atoms with Crippen LogP contribution < -0.4 is 5.32 Å². The van der Waals surface area contributed by atoms with Crippen LogP contribution in [0.3, 0.4) is 0 Å². The molecule has 0 aromatic heterocycles. The summed E-state index contributed by atoms with van der Waals surface area (Å²) in [5.74, 6) is 0.711. The van der Waals surface area contributed by atoms with Gasteiger partial charge in [0.25, 0.3) is 0 Å². The van der Waals surface area contributed by atoms with E-state index in [0.29, 0.717) is 19.2 Å². The molecule has 2 unspecified atom stereocenters. The van der Waals surface area contributed by atoms with Crippen LogP contribution in [0.15, 0.2) is 35.3 Å². The highest BCUT2D eigenvalue weighted by molar-refractivity contribution is 5.81. The van der Waals surface area contributed by atoms with Crippen molar-refractivity contribution in [1.82, 2.24) is 15.1 Å². The van der Waals surface area contributed by atoms with Crippen molar-refractivity contribution in [2.24, 2.45) is 10.9 Å². The first kappa shape index (κ1) is 21.2. The summed E-state index contributed by atoms with van der Waals surface area (Å²) in [6, 6.07) is 10.9. The molecule has 150 valence electrons. The van der Waals surface area contributed by atoms with Crippen LogP contribution in [-0.4, -0.2) is 75.2 Å². The number of likely N-dealkylation sites (tertiary alicyclic amines) is 1. The van der Waals surface area contributed by atoms with Crippen molar-refractivity contribution in [1.29, 1.82) is 0 Å². The molecule has 1 N–H and O–H groups in total. The highest BCUT2D eigenvalue weighted by Crippen LogP contribution is 2.18. The second-order valence-electron chi connectivity index (χ2n) is 7.27. The Bertz CT molecular complexity index is 603. The van der Waals surface area contributed by atoms with E-state index >= 15 is 0 Å². The SMILES string of the molecule is CCOC(=O)C1CCCN(C(=NC)NCC(Cc2ccccc2)N(C)C)C1. The van der Waals surface area contributed by atoms with Gasteiger partial charge in [0.1, 0.15) is 0 Å². The number of likely N-dealkylation sites (N-methyl/N-ethyl adjacent to an activating group) is 1. The molecule has 0 amide bonds. The molecule has 6 heteroatoms. The maximum absolute atomic E-state index is 12.1. The lowest BCUT2D eigenvalue weighted by Gasteiger charge is -2.35. The number of carbonyl (C=O) groups is 1. The Morgan fingerprint density at radius 2 is 2.11 bits per heavy atom. The quantitative estimate of drug-likeness (QED) is 0.449. The van der Waals surface area contributed by atoms with Crippen molar-refractivity contribution in [2.45, 2.75) is 32.2 Å². The Kier molecular flexibility index (Phi) is 8.58. The molecular weight excluding hydrogens is 340 g/mol. The smallest absolute Gasteiger partial charge is 0.310 e. The molecule has 1 fully saturated rings.